The van der Waals surface area contributed by atoms with Crippen molar-refractivity contribution in [2.75, 3.05) is 59.4 Å². The lowest BCUT2D eigenvalue weighted by molar-refractivity contribution is -0.126. The second-order valence-corrected chi connectivity index (χ2v) is 9.26. The molecule has 3 heterocycles. The Hall–Kier alpha value is -2.00. The van der Waals surface area contributed by atoms with Gasteiger partial charge in [0.25, 0.3) is 0 Å². The predicted octanol–water partition coefficient (Wildman–Crippen LogP) is 2.36. The largest absolute Gasteiger partial charge is 0.356 e. The number of amides is 1. The molecule has 1 unspecified atom stereocenters. The number of likely N-dealkylation sites (tertiary alicyclic amines) is 1. The number of likely N-dealkylation sites (N-methyl/N-ethyl adjacent to an activating group) is 1. The van der Waals surface area contributed by atoms with E-state index in [9.17, 15) is 4.79 Å². The van der Waals surface area contributed by atoms with Gasteiger partial charge in [-0.05, 0) is 51.5 Å². The van der Waals surface area contributed by atoms with Crippen LogP contribution in [0.3, 0.4) is 0 Å². The molecule has 0 spiro atoms. The number of nitrogens with zero attached hydrogens (tertiary/aromatic N) is 5. The number of benzene rings is 1. The van der Waals surface area contributed by atoms with Crippen molar-refractivity contribution in [3.63, 3.8) is 0 Å². The van der Waals surface area contributed by atoms with Crippen molar-refractivity contribution in [3.8, 4) is 11.4 Å². The Morgan fingerprint density at radius 2 is 2.00 bits per heavy atom. The maximum atomic E-state index is 12.7. The molecule has 1 N–H and O–H groups in total. The van der Waals surface area contributed by atoms with E-state index in [4.69, 9.17) is 16.1 Å². The molecule has 2 saturated heterocycles. The maximum Gasteiger partial charge on any atom is 0.241 e. The summed E-state index contributed by atoms with van der Waals surface area (Å²) in [5.41, 5.74) is 0.761. The van der Waals surface area contributed by atoms with Gasteiger partial charge in [0.05, 0.1) is 17.5 Å². The van der Waals surface area contributed by atoms with Gasteiger partial charge in [-0.1, -0.05) is 28.9 Å². The monoisotopic (exact) mass is 460 g/mol. The zero-order valence-electron chi connectivity index (χ0n) is 18.8. The van der Waals surface area contributed by atoms with Crippen LogP contribution in [0.2, 0.25) is 5.02 Å². The molecule has 2 aliphatic heterocycles. The highest BCUT2D eigenvalue weighted by molar-refractivity contribution is 6.33. The van der Waals surface area contributed by atoms with Crippen LogP contribution in [-0.4, -0.2) is 90.2 Å². The molecule has 1 atom stereocenters. The number of halogens is 1. The van der Waals surface area contributed by atoms with Gasteiger partial charge in [0.15, 0.2) is 0 Å². The summed E-state index contributed by atoms with van der Waals surface area (Å²) in [4.78, 5) is 24.3. The number of rotatable bonds is 8. The molecule has 32 heavy (non-hydrogen) atoms. The van der Waals surface area contributed by atoms with Crippen molar-refractivity contribution in [3.05, 3.63) is 35.2 Å². The Kier molecular flexibility index (Phi) is 8.13. The smallest absolute Gasteiger partial charge is 0.241 e. The summed E-state index contributed by atoms with van der Waals surface area (Å²) in [5, 5.41) is 7.82. The molecular formula is C23H33ClN6O2. The topological polar surface area (TPSA) is 77.7 Å². The first-order valence-corrected chi connectivity index (χ1v) is 11.9. The van der Waals surface area contributed by atoms with E-state index in [-0.39, 0.29) is 11.8 Å². The third-order valence-electron chi connectivity index (χ3n) is 6.36. The lowest BCUT2D eigenvalue weighted by Crippen LogP contribution is -2.45. The molecule has 2 aliphatic rings. The lowest BCUT2D eigenvalue weighted by atomic mass is 9.97. The zero-order valence-corrected chi connectivity index (χ0v) is 19.6. The quantitative estimate of drug-likeness (QED) is 0.606. The minimum Gasteiger partial charge on any atom is -0.356 e. The molecule has 0 saturated carbocycles. The number of nitrogens with one attached hydrogen (secondary N) is 1. The highest BCUT2D eigenvalue weighted by atomic mass is 35.5. The van der Waals surface area contributed by atoms with Crippen LogP contribution in [-0.2, 0) is 11.3 Å². The van der Waals surface area contributed by atoms with Gasteiger partial charge < -0.3 is 19.6 Å². The molecule has 1 aromatic heterocycles. The van der Waals surface area contributed by atoms with E-state index in [1.165, 1.54) is 0 Å². The maximum absolute atomic E-state index is 12.7. The van der Waals surface area contributed by atoms with Crippen LogP contribution in [0.5, 0.6) is 0 Å². The average Bonchev–Trinajstić information content (AvgIpc) is 3.26. The number of piperazine rings is 1. The second kappa shape index (κ2) is 11.2. The van der Waals surface area contributed by atoms with Crippen LogP contribution in [0.15, 0.2) is 28.8 Å². The van der Waals surface area contributed by atoms with Crippen molar-refractivity contribution in [1.29, 1.82) is 0 Å². The highest BCUT2D eigenvalue weighted by Crippen LogP contribution is 2.25. The van der Waals surface area contributed by atoms with E-state index in [1.54, 1.807) is 0 Å². The summed E-state index contributed by atoms with van der Waals surface area (Å²) in [6, 6.07) is 7.46. The Morgan fingerprint density at radius 1 is 1.19 bits per heavy atom. The second-order valence-electron chi connectivity index (χ2n) is 8.86. The van der Waals surface area contributed by atoms with Crippen molar-refractivity contribution >= 4 is 17.5 Å². The molecule has 0 bridgehead atoms. The van der Waals surface area contributed by atoms with Gasteiger partial charge >= 0.3 is 0 Å². The third-order valence-corrected chi connectivity index (χ3v) is 6.69. The first-order valence-electron chi connectivity index (χ1n) is 11.6. The van der Waals surface area contributed by atoms with Crippen LogP contribution in [0.25, 0.3) is 11.4 Å². The van der Waals surface area contributed by atoms with E-state index in [1.807, 2.05) is 24.3 Å². The molecule has 1 amide bonds. The number of carbonyl (C=O) groups excluding carboxylic acids is 1. The molecule has 8 nitrogen and oxygen atoms in total. The van der Waals surface area contributed by atoms with E-state index < -0.39 is 0 Å². The van der Waals surface area contributed by atoms with E-state index in [2.05, 4.69) is 37.2 Å². The first-order chi connectivity index (χ1) is 15.6. The van der Waals surface area contributed by atoms with E-state index in [0.717, 1.165) is 70.6 Å². The van der Waals surface area contributed by atoms with Gasteiger partial charge in [-0.2, -0.15) is 4.98 Å². The fourth-order valence-corrected chi connectivity index (χ4v) is 4.63. The zero-order chi connectivity index (χ0) is 22.3. The summed E-state index contributed by atoms with van der Waals surface area (Å²) in [5.74, 6) is 1.22. The molecule has 2 fully saturated rings. The van der Waals surface area contributed by atoms with Crippen molar-refractivity contribution in [2.24, 2.45) is 5.92 Å². The third kappa shape index (κ3) is 6.28. The van der Waals surface area contributed by atoms with Crippen molar-refractivity contribution < 1.29 is 9.32 Å². The summed E-state index contributed by atoms with van der Waals surface area (Å²) >= 11 is 6.23. The van der Waals surface area contributed by atoms with Crippen LogP contribution in [0.4, 0.5) is 0 Å². The Balaban J connectivity index is 1.20. The van der Waals surface area contributed by atoms with Crippen LogP contribution >= 0.6 is 11.6 Å². The normalized spacial score (nSPS) is 21.0. The average molecular weight is 461 g/mol. The molecule has 2 aromatic rings. The standard InChI is InChI=1S/C23H33ClN6O2/c1-28-12-14-29(15-13-28)11-5-9-25-23(31)18-6-4-10-30(16-18)17-21-26-22(27-32-21)19-7-2-3-8-20(19)24/h2-3,7-8,18H,4-6,9-17H2,1H3,(H,25,31). The minimum atomic E-state index is 0.0124. The summed E-state index contributed by atoms with van der Waals surface area (Å²) in [7, 11) is 2.17. The lowest BCUT2D eigenvalue weighted by Gasteiger charge is -2.32. The fraction of sp³-hybridized carbons (Fsp3) is 0.609. The highest BCUT2D eigenvalue weighted by Gasteiger charge is 2.27. The van der Waals surface area contributed by atoms with Gasteiger partial charge in [-0.3, -0.25) is 9.69 Å². The number of aromatic nitrogens is 2. The van der Waals surface area contributed by atoms with Gasteiger partial charge in [0.1, 0.15) is 0 Å². The molecule has 1 aromatic carbocycles. The molecule has 0 radical (unpaired) electrons. The molecular weight excluding hydrogens is 428 g/mol. The fourth-order valence-electron chi connectivity index (χ4n) is 4.41. The number of piperidine rings is 1. The number of hydrogen-bond donors (Lipinski definition) is 1. The molecule has 174 valence electrons. The molecule has 0 aliphatic carbocycles. The first kappa shape index (κ1) is 23.2. The van der Waals surface area contributed by atoms with E-state index >= 15 is 0 Å². The van der Waals surface area contributed by atoms with Gasteiger partial charge in [-0.15, -0.1) is 0 Å². The van der Waals surface area contributed by atoms with Crippen molar-refractivity contribution in [2.45, 2.75) is 25.8 Å². The Morgan fingerprint density at radius 3 is 2.81 bits per heavy atom. The van der Waals surface area contributed by atoms with Gasteiger partial charge in [0.2, 0.25) is 17.6 Å². The summed E-state index contributed by atoms with van der Waals surface area (Å²) < 4.78 is 5.45. The molecule has 4 rings (SSSR count). The van der Waals surface area contributed by atoms with Gasteiger partial charge in [0, 0.05) is 44.8 Å². The van der Waals surface area contributed by atoms with Crippen LogP contribution in [0, 0.1) is 5.92 Å². The van der Waals surface area contributed by atoms with Crippen LogP contribution < -0.4 is 5.32 Å². The summed E-state index contributed by atoms with van der Waals surface area (Å²) in [6.45, 7) is 8.48. The van der Waals surface area contributed by atoms with Crippen LogP contribution in [0.1, 0.15) is 25.2 Å². The molecule has 9 heteroatoms. The van der Waals surface area contributed by atoms with E-state index in [0.29, 0.717) is 29.8 Å². The number of hydrogen-bond acceptors (Lipinski definition) is 7. The minimum absolute atomic E-state index is 0.0124. The van der Waals surface area contributed by atoms with Crippen molar-refractivity contribution in [1.82, 2.24) is 30.2 Å². The van der Waals surface area contributed by atoms with Gasteiger partial charge in [-0.25, -0.2) is 0 Å². The Bertz CT molecular complexity index is 883. The number of carbonyl (C=O) groups is 1. The SMILES string of the molecule is CN1CCN(CCCNC(=O)C2CCCN(Cc3nc(-c4ccccc4Cl)no3)C2)CC1. The predicted molar refractivity (Wildman–Crippen MR) is 124 cm³/mol. The Labute approximate surface area is 194 Å². The summed E-state index contributed by atoms with van der Waals surface area (Å²) in [6.07, 6.45) is 2.92.